The summed E-state index contributed by atoms with van der Waals surface area (Å²) in [7, 11) is 1.55. The normalized spacial score (nSPS) is 23.7. The van der Waals surface area contributed by atoms with E-state index >= 15 is 0 Å². The summed E-state index contributed by atoms with van der Waals surface area (Å²) in [6, 6.07) is 5.23. The Morgan fingerprint density at radius 1 is 1.03 bits per heavy atom. The van der Waals surface area contributed by atoms with Crippen LogP contribution in [0.3, 0.4) is 0 Å². The van der Waals surface area contributed by atoms with Gasteiger partial charge in [-0.1, -0.05) is 0 Å². The van der Waals surface area contributed by atoms with E-state index in [2.05, 4.69) is 16.0 Å². The van der Waals surface area contributed by atoms with E-state index in [-0.39, 0.29) is 36.7 Å². The minimum absolute atomic E-state index is 0.0336. The first-order valence-corrected chi connectivity index (χ1v) is 12.0. The quantitative estimate of drug-likeness (QED) is 0.545. The Bertz CT molecular complexity index is 915. The minimum atomic E-state index is -0.872. The van der Waals surface area contributed by atoms with Crippen LogP contribution in [-0.4, -0.2) is 91.9 Å². The van der Waals surface area contributed by atoms with E-state index in [0.717, 1.165) is 32.4 Å². The van der Waals surface area contributed by atoms with Gasteiger partial charge in [0.05, 0.1) is 13.7 Å². The number of ether oxygens (including phenoxy) is 1. The predicted octanol–water partition coefficient (Wildman–Crippen LogP) is -0.257. The summed E-state index contributed by atoms with van der Waals surface area (Å²) in [4.78, 5) is 55.3. The summed E-state index contributed by atoms with van der Waals surface area (Å²) in [5.74, 6) is -0.321. The third kappa shape index (κ3) is 5.32. The van der Waals surface area contributed by atoms with Gasteiger partial charge in [0.25, 0.3) is 5.91 Å². The average molecular weight is 472 g/mol. The number of carbonyl (C=O) groups is 4. The maximum atomic E-state index is 13.4. The van der Waals surface area contributed by atoms with Gasteiger partial charge in [-0.2, -0.15) is 0 Å². The molecule has 0 aliphatic carbocycles. The van der Waals surface area contributed by atoms with Crippen molar-refractivity contribution in [2.75, 3.05) is 46.4 Å². The molecule has 1 aromatic carbocycles. The number of piperidine rings is 2. The number of hydrogen-bond acceptors (Lipinski definition) is 6. The largest absolute Gasteiger partial charge is 0.497 e. The Morgan fingerprint density at radius 3 is 2.44 bits per heavy atom. The fraction of sp³-hybridized carbons (Fsp3) is 0.583. The first-order chi connectivity index (χ1) is 16.5. The fourth-order valence-corrected chi connectivity index (χ4v) is 4.85. The molecule has 3 aliphatic rings. The molecule has 1 aromatic rings. The molecular weight excluding hydrogens is 438 g/mol. The Morgan fingerprint density at radius 2 is 1.76 bits per heavy atom. The SMILES string of the molecule is COc1ccc(C(=O)N2CCN(C(=O)C3CCNCC3)C[C@@H]2C(=O)N[C@H]2CCCNC2=O)cc1. The first kappa shape index (κ1) is 24.0. The molecule has 10 nitrogen and oxygen atoms in total. The molecule has 10 heteroatoms. The van der Waals surface area contributed by atoms with Gasteiger partial charge in [-0.15, -0.1) is 0 Å². The second kappa shape index (κ2) is 10.9. The predicted molar refractivity (Wildman–Crippen MR) is 124 cm³/mol. The van der Waals surface area contributed by atoms with Crippen molar-refractivity contribution in [2.45, 2.75) is 37.8 Å². The van der Waals surface area contributed by atoms with Crippen molar-refractivity contribution in [3.8, 4) is 5.75 Å². The number of hydrogen-bond donors (Lipinski definition) is 3. The van der Waals surface area contributed by atoms with E-state index in [1.165, 1.54) is 4.90 Å². The Hall–Kier alpha value is -3.14. The zero-order chi connectivity index (χ0) is 24.1. The van der Waals surface area contributed by atoms with Crippen LogP contribution in [0.1, 0.15) is 36.0 Å². The molecule has 0 radical (unpaired) electrons. The van der Waals surface area contributed by atoms with Crippen molar-refractivity contribution in [3.63, 3.8) is 0 Å². The lowest BCUT2D eigenvalue weighted by molar-refractivity contribution is -0.142. The number of nitrogens with zero attached hydrogens (tertiary/aromatic N) is 2. The Balaban J connectivity index is 1.52. The maximum absolute atomic E-state index is 13.4. The molecule has 3 aliphatic heterocycles. The zero-order valence-corrected chi connectivity index (χ0v) is 19.5. The molecule has 4 rings (SSSR count). The molecule has 3 saturated heterocycles. The van der Waals surface area contributed by atoms with Crippen molar-refractivity contribution < 1.29 is 23.9 Å². The lowest BCUT2D eigenvalue weighted by Crippen LogP contribution is -2.64. The molecule has 0 saturated carbocycles. The van der Waals surface area contributed by atoms with Gasteiger partial charge in [0, 0.05) is 31.1 Å². The summed E-state index contributed by atoms with van der Waals surface area (Å²) in [5, 5.41) is 8.85. The van der Waals surface area contributed by atoms with E-state index in [1.807, 2.05) is 0 Å². The lowest BCUT2D eigenvalue weighted by Gasteiger charge is -2.42. The highest BCUT2D eigenvalue weighted by Crippen LogP contribution is 2.21. The first-order valence-electron chi connectivity index (χ1n) is 12.0. The van der Waals surface area contributed by atoms with Gasteiger partial charge < -0.3 is 30.5 Å². The van der Waals surface area contributed by atoms with Gasteiger partial charge in [0.2, 0.25) is 17.7 Å². The number of amides is 4. The molecule has 3 fully saturated rings. The summed E-state index contributed by atoms with van der Waals surface area (Å²) < 4.78 is 5.17. The monoisotopic (exact) mass is 471 g/mol. The van der Waals surface area contributed by atoms with Crippen molar-refractivity contribution >= 4 is 23.6 Å². The van der Waals surface area contributed by atoms with Crippen LogP contribution in [0.4, 0.5) is 0 Å². The van der Waals surface area contributed by atoms with Crippen LogP contribution in [0, 0.1) is 5.92 Å². The molecule has 34 heavy (non-hydrogen) atoms. The van der Waals surface area contributed by atoms with E-state index in [9.17, 15) is 19.2 Å². The molecule has 0 bridgehead atoms. The second-order valence-electron chi connectivity index (χ2n) is 9.05. The van der Waals surface area contributed by atoms with Crippen molar-refractivity contribution in [2.24, 2.45) is 5.92 Å². The molecule has 3 heterocycles. The van der Waals surface area contributed by atoms with Gasteiger partial charge in [-0.05, 0) is 63.0 Å². The van der Waals surface area contributed by atoms with Crippen LogP contribution < -0.4 is 20.7 Å². The number of methoxy groups -OCH3 is 1. The minimum Gasteiger partial charge on any atom is -0.497 e. The lowest BCUT2D eigenvalue weighted by atomic mass is 9.95. The maximum Gasteiger partial charge on any atom is 0.254 e. The molecular formula is C24H33N5O5. The molecule has 0 unspecified atom stereocenters. The molecule has 3 N–H and O–H groups in total. The zero-order valence-electron chi connectivity index (χ0n) is 19.5. The van der Waals surface area contributed by atoms with Gasteiger partial charge in [-0.3, -0.25) is 19.2 Å². The van der Waals surface area contributed by atoms with Crippen LogP contribution in [0.2, 0.25) is 0 Å². The number of benzene rings is 1. The molecule has 4 amide bonds. The third-order valence-corrected chi connectivity index (χ3v) is 6.88. The van der Waals surface area contributed by atoms with Crippen LogP contribution >= 0.6 is 0 Å². The van der Waals surface area contributed by atoms with Crippen molar-refractivity contribution in [1.82, 2.24) is 25.8 Å². The number of rotatable bonds is 5. The second-order valence-corrected chi connectivity index (χ2v) is 9.05. The highest BCUT2D eigenvalue weighted by Gasteiger charge is 2.40. The highest BCUT2D eigenvalue weighted by atomic mass is 16.5. The summed E-state index contributed by atoms with van der Waals surface area (Å²) in [5.41, 5.74) is 0.437. The van der Waals surface area contributed by atoms with Gasteiger partial charge in [0.15, 0.2) is 0 Å². The van der Waals surface area contributed by atoms with Crippen LogP contribution in [0.15, 0.2) is 24.3 Å². The standard InChI is InChI=1S/C24H33N5O5/c1-34-18-6-4-16(5-7-18)24(33)29-14-13-28(23(32)17-8-11-25-12-9-17)15-20(29)22(31)27-19-3-2-10-26-21(19)30/h4-7,17,19-20,25H,2-3,8-15H2,1H3,(H,26,30)(H,27,31)/t19-,20+/m0/s1. The van der Waals surface area contributed by atoms with Crippen LogP contribution in [-0.2, 0) is 14.4 Å². The van der Waals surface area contributed by atoms with Gasteiger partial charge >= 0.3 is 0 Å². The Kier molecular flexibility index (Phi) is 7.66. The number of carbonyl (C=O) groups excluding carboxylic acids is 4. The van der Waals surface area contributed by atoms with E-state index in [4.69, 9.17) is 4.74 Å². The van der Waals surface area contributed by atoms with Crippen LogP contribution in [0.5, 0.6) is 5.75 Å². The van der Waals surface area contributed by atoms with Crippen molar-refractivity contribution in [1.29, 1.82) is 0 Å². The molecule has 0 spiro atoms. The van der Waals surface area contributed by atoms with Crippen molar-refractivity contribution in [3.05, 3.63) is 29.8 Å². The molecule has 0 aromatic heterocycles. The highest BCUT2D eigenvalue weighted by molar-refractivity contribution is 5.99. The molecule has 2 atom stereocenters. The third-order valence-electron chi connectivity index (χ3n) is 6.88. The Labute approximate surface area is 199 Å². The summed E-state index contributed by atoms with van der Waals surface area (Å²) in [6.45, 7) is 2.93. The van der Waals surface area contributed by atoms with Gasteiger partial charge in [-0.25, -0.2) is 0 Å². The van der Waals surface area contributed by atoms with Crippen LogP contribution in [0.25, 0.3) is 0 Å². The summed E-state index contributed by atoms with van der Waals surface area (Å²) >= 11 is 0. The average Bonchev–Trinajstić information content (AvgIpc) is 2.89. The fourth-order valence-electron chi connectivity index (χ4n) is 4.85. The molecule has 184 valence electrons. The van der Waals surface area contributed by atoms with E-state index in [0.29, 0.717) is 30.8 Å². The van der Waals surface area contributed by atoms with E-state index < -0.39 is 18.0 Å². The topological polar surface area (TPSA) is 120 Å². The number of nitrogens with one attached hydrogen (secondary N) is 3. The summed E-state index contributed by atoms with van der Waals surface area (Å²) in [6.07, 6.45) is 2.86. The van der Waals surface area contributed by atoms with Gasteiger partial charge in [0.1, 0.15) is 17.8 Å². The smallest absolute Gasteiger partial charge is 0.254 e. The number of piperazine rings is 1. The van der Waals surface area contributed by atoms with E-state index in [1.54, 1.807) is 36.3 Å².